The van der Waals surface area contributed by atoms with Gasteiger partial charge in [0.1, 0.15) is 12.1 Å². The average molecular weight is 236 g/mol. The van der Waals surface area contributed by atoms with E-state index in [0.717, 1.165) is 29.7 Å². The van der Waals surface area contributed by atoms with Gasteiger partial charge in [-0.1, -0.05) is 24.9 Å². The van der Waals surface area contributed by atoms with Crippen LogP contribution in [0.4, 0.5) is 5.82 Å². The molecule has 0 unspecified atom stereocenters. The fraction of sp³-hybridized carbons (Fsp3) is 0.333. The second-order valence-electron chi connectivity index (χ2n) is 3.66. The number of nitrogens with zero attached hydrogens (tertiary/aromatic N) is 2. The maximum Gasteiger partial charge on any atom is 0.137 e. The number of aromatic nitrogens is 2. The van der Waals surface area contributed by atoms with Crippen LogP contribution in [0.2, 0.25) is 5.02 Å². The van der Waals surface area contributed by atoms with Gasteiger partial charge in [0.15, 0.2) is 0 Å². The Morgan fingerprint density at radius 3 is 3.00 bits per heavy atom. The molecule has 0 bridgehead atoms. The van der Waals surface area contributed by atoms with Crippen molar-refractivity contribution in [2.24, 2.45) is 0 Å². The van der Waals surface area contributed by atoms with Gasteiger partial charge in [0.05, 0.1) is 5.52 Å². The molecule has 0 spiro atoms. The molecule has 1 aromatic carbocycles. The van der Waals surface area contributed by atoms with Crippen molar-refractivity contribution in [2.45, 2.75) is 19.8 Å². The Morgan fingerprint density at radius 1 is 1.31 bits per heavy atom. The van der Waals surface area contributed by atoms with Gasteiger partial charge in [0.2, 0.25) is 0 Å². The summed E-state index contributed by atoms with van der Waals surface area (Å²) in [4.78, 5) is 8.44. The molecule has 1 N–H and O–H groups in total. The summed E-state index contributed by atoms with van der Waals surface area (Å²) in [6.07, 6.45) is 3.87. The van der Waals surface area contributed by atoms with E-state index in [9.17, 15) is 0 Å². The van der Waals surface area contributed by atoms with Crippen LogP contribution in [0.3, 0.4) is 0 Å². The minimum absolute atomic E-state index is 0.700. The maximum absolute atomic E-state index is 5.92. The van der Waals surface area contributed by atoms with Crippen molar-refractivity contribution in [3.05, 3.63) is 29.5 Å². The Balaban J connectivity index is 2.30. The average Bonchev–Trinajstić information content (AvgIpc) is 2.29. The molecule has 3 nitrogen and oxygen atoms in total. The molecule has 0 atom stereocenters. The third-order valence-corrected chi connectivity index (χ3v) is 2.66. The Kier molecular flexibility index (Phi) is 3.57. The number of benzene rings is 1. The first-order valence-corrected chi connectivity index (χ1v) is 5.83. The number of fused-ring (bicyclic) bond motifs is 1. The van der Waals surface area contributed by atoms with E-state index in [1.165, 1.54) is 6.42 Å². The highest BCUT2D eigenvalue weighted by atomic mass is 35.5. The lowest BCUT2D eigenvalue weighted by atomic mass is 10.2. The summed E-state index contributed by atoms with van der Waals surface area (Å²) >= 11 is 5.92. The molecular formula is C12H14ClN3. The SMILES string of the molecule is CCCCNc1ncnc2cc(Cl)ccc12. The fourth-order valence-electron chi connectivity index (χ4n) is 1.55. The van der Waals surface area contributed by atoms with Crippen LogP contribution in [0.1, 0.15) is 19.8 Å². The number of halogens is 1. The van der Waals surface area contributed by atoms with Crippen LogP contribution in [0.5, 0.6) is 0 Å². The van der Waals surface area contributed by atoms with Gasteiger partial charge < -0.3 is 5.32 Å². The smallest absolute Gasteiger partial charge is 0.137 e. The number of nitrogens with one attached hydrogen (secondary N) is 1. The summed E-state index contributed by atoms with van der Waals surface area (Å²) in [7, 11) is 0. The van der Waals surface area contributed by atoms with E-state index in [-0.39, 0.29) is 0 Å². The minimum atomic E-state index is 0.700. The molecule has 0 fully saturated rings. The molecule has 16 heavy (non-hydrogen) atoms. The summed E-state index contributed by atoms with van der Waals surface area (Å²) in [5.41, 5.74) is 0.876. The first kappa shape index (κ1) is 11.1. The molecule has 0 saturated heterocycles. The monoisotopic (exact) mass is 235 g/mol. The minimum Gasteiger partial charge on any atom is -0.369 e. The van der Waals surface area contributed by atoms with E-state index in [2.05, 4.69) is 22.2 Å². The highest BCUT2D eigenvalue weighted by molar-refractivity contribution is 6.31. The molecule has 4 heteroatoms. The second-order valence-corrected chi connectivity index (χ2v) is 4.10. The molecule has 84 valence electrons. The number of anilines is 1. The Morgan fingerprint density at radius 2 is 2.19 bits per heavy atom. The number of hydrogen-bond acceptors (Lipinski definition) is 3. The van der Waals surface area contributed by atoms with Crippen LogP contribution < -0.4 is 5.32 Å². The molecule has 0 amide bonds. The van der Waals surface area contributed by atoms with Crippen LogP contribution in [-0.4, -0.2) is 16.5 Å². The van der Waals surface area contributed by atoms with Crippen LogP contribution in [0.25, 0.3) is 10.9 Å². The lowest BCUT2D eigenvalue weighted by molar-refractivity contribution is 0.831. The largest absolute Gasteiger partial charge is 0.369 e. The van der Waals surface area contributed by atoms with Gasteiger partial charge >= 0.3 is 0 Å². The maximum atomic E-state index is 5.92. The molecule has 0 radical (unpaired) electrons. The van der Waals surface area contributed by atoms with Crippen molar-refractivity contribution in [1.29, 1.82) is 0 Å². The fourth-order valence-corrected chi connectivity index (χ4v) is 1.72. The molecule has 0 aliphatic heterocycles. The second kappa shape index (κ2) is 5.12. The van der Waals surface area contributed by atoms with Crippen molar-refractivity contribution in [1.82, 2.24) is 9.97 Å². The number of unbranched alkanes of at least 4 members (excludes halogenated alkanes) is 1. The van der Waals surface area contributed by atoms with Gasteiger partial charge in [-0.2, -0.15) is 0 Å². The lowest BCUT2D eigenvalue weighted by Gasteiger charge is -2.07. The molecule has 2 aromatic rings. The molecule has 0 saturated carbocycles. The van der Waals surface area contributed by atoms with Gasteiger partial charge in [0, 0.05) is 17.0 Å². The van der Waals surface area contributed by atoms with Crippen molar-refractivity contribution in [3.63, 3.8) is 0 Å². The highest BCUT2D eigenvalue weighted by Crippen LogP contribution is 2.22. The van der Waals surface area contributed by atoms with Gasteiger partial charge in [-0.25, -0.2) is 9.97 Å². The molecule has 1 heterocycles. The van der Waals surface area contributed by atoms with E-state index >= 15 is 0 Å². The number of hydrogen-bond donors (Lipinski definition) is 1. The van der Waals surface area contributed by atoms with Crippen molar-refractivity contribution in [2.75, 3.05) is 11.9 Å². The molecule has 1 aromatic heterocycles. The van der Waals surface area contributed by atoms with Crippen LogP contribution >= 0.6 is 11.6 Å². The standard InChI is InChI=1S/C12H14ClN3/c1-2-3-6-14-12-10-5-4-9(13)7-11(10)15-8-16-12/h4-5,7-8H,2-3,6H2,1H3,(H,14,15,16). The van der Waals surface area contributed by atoms with Crippen LogP contribution in [0.15, 0.2) is 24.5 Å². The Bertz CT molecular complexity index is 485. The first-order chi connectivity index (χ1) is 7.81. The summed E-state index contributed by atoms with van der Waals surface area (Å²) in [6.45, 7) is 3.10. The Labute approximate surface area is 99.9 Å². The molecule has 0 aliphatic carbocycles. The van der Waals surface area contributed by atoms with Gasteiger partial charge in [-0.05, 0) is 24.6 Å². The zero-order valence-electron chi connectivity index (χ0n) is 9.20. The predicted octanol–water partition coefficient (Wildman–Crippen LogP) is 3.50. The quantitative estimate of drug-likeness (QED) is 0.825. The predicted molar refractivity (Wildman–Crippen MR) is 67.9 cm³/mol. The summed E-state index contributed by atoms with van der Waals surface area (Å²) in [5, 5.41) is 5.03. The molecule has 2 rings (SSSR count). The summed E-state index contributed by atoms with van der Waals surface area (Å²) in [6, 6.07) is 5.66. The zero-order valence-corrected chi connectivity index (χ0v) is 9.96. The lowest BCUT2D eigenvalue weighted by Crippen LogP contribution is -2.03. The van der Waals surface area contributed by atoms with E-state index < -0.39 is 0 Å². The zero-order chi connectivity index (χ0) is 11.4. The topological polar surface area (TPSA) is 37.8 Å². The third kappa shape index (κ3) is 2.42. The molecule has 0 aliphatic rings. The van der Waals surface area contributed by atoms with Gasteiger partial charge in [-0.15, -0.1) is 0 Å². The van der Waals surface area contributed by atoms with E-state index in [0.29, 0.717) is 5.02 Å². The third-order valence-electron chi connectivity index (χ3n) is 2.42. The summed E-state index contributed by atoms with van der Waals surface area (Å²) < 4.78 is 0. The van der Waals surface area contributed by atoms with Gasteiger partial charge in [-0.3, -0.25) is 0 Å². The van der Waals surface area contributed by atoms with Crippen LogP contribution in [0, 0.1) is 0 Å². The number of rotatable bonds is 4. The molecular weight excluding hydrogens is 222 g/mol. The normalized spacial score (nSPS) is 10.6. The van der Waals surface area contributed by atoms with E-state index in [1.807, 2.05) is 18.2 Å². The summed E-state index contributed by atoms with van der Waals surface area (Å²) in [5.74, 6) is 0.884. The van der Waals surface area contributed by atoms with E-state index in [4.69, 9.17) is 11.6 Å². The first-order valence-electron chi connectivity index (χ1n) is 5.45. The highest BCUT2D eigenvalue weighted by Gasteiger charge is 2.02. The van der Waals surface area contributed by atoms with Crippen molar-refractivity contribution >= 4 is 28.3 Å². The van der Waals surface area contributed by atoms with Crippen molar-refractivity contribution < 1.29 is 0 Å². The van der Waals surface area contributed by atoms with Crippen molar-refractivity contribution in [3.8, 4) is 0 Å². The Hall–Kier alpha value is -1.35. The van der Waals surface area contributed by atoms with Crippen LogP contribution in [-0.2, 0) is 0 Å². The van der Waals surface area contributed by atoms with E-state index in [1.54, 1.807) is 6.33 Å². The van der Waals surface area contributed by atoms with Gasteiger partial charge in [0.25, 0.3) is 0 Å².